The first-order chi connectivity index (χ1) is 14.5. The summed E-state index contributed by atoms with van der Waals surface area (Å²) in [7, 11) is -2.66. The van der Waals surface area contributed by atoms with Crippen molar-refractivity contribution in [2.24, 2.45) is 0 Å². The molecule has 0 atom stereocenters. The molecule has 0 amide bonds. The Kier molecular flexibility index (Phi) is 7.17. The number of nitrogens with one attached hydrogen (secondary N) is 1. The van der Waals surface area contributed by atoms with Gasteiger partial charge in [-0.2, -0.15) is 5.10 Å². The highest BCUT2D eigenvalue weighted by Gasteiger charge is 2.12. The van der Waals surface area contributed by atoms with Crippen molar-refractivity contribution in [1.82, 2.24) is 14.5 Å². The van der Waals surface area contributed by atoms with Crippen molar-refractivity contribution in [3.63, 3.8) is 0 Å². The van der Waals surface area contributed by atoms with Crippen LogP contribution < -0.4 is 10.3 Å². The maximum absolute atomic E-state index is 13.2. The fourth-order valence-corrected chi connectivity index (χ4v) is 3.57. The van der Waals surface area contributed by atoms with Crippen molar-refractivity contribution in [1.29, 1.82) is 0 Å². The minimum absolute atomic E-state index is 0. The molecule has 31 heavy (non-hydrogen) atoms. The maximum atomic E-state index is 13.2. The van der Waals surface area contributed by atoms with Crippen LogP contribution >= 0.6 is 12.4 Å². The molecule has 0 saturated heterocycles. The minimum atomic E-state index is -2.66. The van der Waals surface area contributed by atoms with E-state index in [1.54, 1.807) is 24.3 Å². The molecule has 0 aliphatic heterocycles. The van der Waals surface area contributed by atoms with E-state index in [-0.39, 0.29) is 36.9 Å². The van der Waals surface area contributed by atoms with Gasteiger partial charge in [-0.15, -0.1) is 12.4 Å². The summed E-state index contributed by atoms with van der Waals surface area (Å²) in [5, 5.41) is 5.86. The fraction of sp³-hybridized carbons (Fsp3) is 0.0909. The van der Waals surface area contributed by atoms with Crippen molar-refractivity contribution >= 4 is 34.1 Å². The van der Waals surface area contributed by atoms with Crippen molar-refractivity contribution < 1.29 is 12.8 Å². The Morgan fingerprint density at radius 3 is 2.13 bits per heavy atom. The zero-order valence-electron chi connectivity index (χ0n) is 16.2. The number of nitrogens with zero attached hydrogens (tertiary/aromatic N) is 2. The third kappa shape index (κ3) is 5.16. The Balaban J connectivity index is 0.00000272. The summed E-state index contributed by atoms with van der Waals surface area (Å²) in [5.41, 5.74) is 2.79. The quantitative estimate of drug-likeness (QED) is 0.433. The molecular formula is C22H19ClFN3O3S. The molecular weight excluding hydrogens is 441 g/mol. The van der Waals surface area contributed by atoms with Crippen molar-refractivity contribution in [2.75, 3.05) is 0 Å². The van der Waals surface area contributed by atoms with E-state index in [0.29, 0.717) is 11.1 Å². The van der Waals surface area contributed by atoms with E-state index >= 15 is 0 Å². The third-order valence-electron chi connectivity index (χ3n) is 4.75. The van der Waals surface area contributed by atoms with Crippen molar-refractivity contribution in [2.45, 2.75) is 13.1 Å². The molecule has 0 spiro atoms. The van der Waals surface area contributed by atoms with Crippen LogP contribution in [0.4, 0.5) is 4.39 Å². The number of thiol groups is 1. The molecule has 0 fully saturated rings. The third-order valence-corrected chi connectivity index (χ3v) is 5.17. The van der Waals surface area contributed by atoms with Crippen molar-refractivity contribution in [3.05, 3.63) is 100 Å². The van der Waals surface area contributed by atoms with E-state index in [2.05, 4.69) is 9.82 Å². The summed E-state index contributed by atoms with van der Waals surface area (Å²) in [6, 6.07) is 20.5. The van der Waals surface area contributed by atoms with Gasteiger partial charge < -0.3 is 0 Å². The van der Waals surface area contributed by atoms with Gasteiger partial charge in [-0.05, 0) is 29.3 Å². The molecule has 0 saturated carbocycles. The Morgan fingerprint density at radius 1 is 0.871 bits per heavy atom. The smallest absolute Gasteiger partial charge is 0.267 e. The number of benzene rings is 3. The summed E-state index contributed by atoms with van der Waals surface area (Å²) < 4.78 is 38.4. The molecule has 3 aromatic carbocycles. The second-order valence-corrected chi connectivity index (χ2v) is 7.60. The lowest BCUT2D eigenvalue weighted by Crippen LogP contribution is -2.24. The predicted octanol–water partition coefficient (Wildman–Crippen LogP) is 3.29. The first-order valence-electron chi connectivity index (χ1n) is 9.23. The van der Waals surface area contributed by atoms with E-state index in [4.69, 9.17) is 0 Å². The number of aromatic nitrogens is 2. The average molecular weight is 460 g/mol. The highest BCUT2D eigenvalue weighted by molar-refractivity contribution is 7.70. The summed E-state index contributed by atoms with van der Waals surface area (Å²) >= 11 is 0. The molecule has 4 aromatic rings. The monoisotopic (exact) mass is 459 g/mol. The number of rotatable bonds is 6. The lowest BCUT2D eigenvalue weighted by Gasteiger charge is -2.12. The summed E-state index contributed by atoms with van der Waals surface area (Å²) in [6.45, 7) is 0.423. The van der Waals surface area contributed by atoms with E-state index in [9.17, 15) is 17.6 Å². The first-order valence-corrected chi connectivity index (χ1v) is 10.4. The van der Waals surface area contributed by atoms with E-state index in [0.717, 1.165) is 22.1 Å². The highest BCUT2D eigenvalue weighted by atomic mass is 35.5. The fourth-order valence-electron chi connectivity index (χ4n) is 3.25. The van der Waals surface area contributed by atoms with Gasteiger partial charge in [0.15, 0.2) is 0 Å². The molecule has 160 valence electrons. The van der Waals surface area contributed by atoms with Crippen LogP contribution in [0.15, 0.2) is 77.6 Å². The Hall–Kier alpha value is -3.07. The largest absolute Gasteiger partial charge is 0.274 e. The second kappa shape index (κ2) is 9.82. The van der Waals surface area contributed by atoms with Crippen LogP contribution in [-0.2, 0) is 24.0 Å². The van der Waals surface area contributed by atoms with E-state index in [1.165, 1.54) is 16.8 Å². The van der Waals surface area contributed by atoms with Crippen LogP contribution in [0, 0.1) is 5.82 Å². The zero-order valence-corrected chi connectivity index (χ0v) is 17.9. The SMILES string of the molecule is Cl.O=c1c2ccccc2c(-c2ccc(CN[SH](=O)=O)cc2)nn1Cc1ccc(F)cc1. The second-order valence-electron chi connectivity index (χ2n) is 6.77. The molecule has 4 rings (SSSR count). The summed E-state index contributed by atoms with van der Waals surface area (Å²) in [4.78, 5) is 12.9. The standard InChI is InChI=1S/C22H18FN3O3S.ClH/c23-18-11-7-16(8-12-18)14-26-22(27)20-4-2-1-3-19(20)21(25-26)17-9-5-15(6-10-17)13-24-30(28)29;/h1-12,30H,13-14H2,(H,24,28,29);1H. The number of halogens is 2. The average Bonchev–Trinajstić information content (AvgIpc) is 2.76. The molecule has 0 aliphatic carbocycles. The van der Waals surface area contributed by atoms with Crippen molar-refractivity contribution in [3.8, 4) is 11.3 Å². The van der Waals surface area contributed by atoms with Crippen LogP contribution in [0.2, 0.25) is 0 Å². The summed E-state index contributed by atoms with van der Waals surface area (Å²) in [6.07, 6.45) is 0. The summed E-state index contributed by atoms with van der Waals surface area (Å²) in [5.74, 6) is -0.339. The van der Waals surface area contributed by atoms with Gasteiger partial charge in [0.2, 0.25) is 10.9 Å². The van der Waals surface area contributed by atoms with Crippen LogP contribution in [0.1, 0.15) is 11.1 Å². The Bertz CT molecular complexity index is 1330. The molecule has 0 radical (unpaired) electrons. The number of hydrogen-bond donors (Lipinski definition) is 2. The maximum Gasteiger partial charge on any atom is 0.274 e. The van der Waals surface area contributed by atoms with Crippen LogP contribution in [0.25, 0.3) is 22.0 Å². The van der Waals surface area contributed by atoms with Gasteiger partial charge in [0.1, 0.15) is 5.82 Å². The van der Waals surface area contributed by atoms with Crippen LogP contribution in [0.3, 0.4) is 0 Å². The predicted molar refractivity (Wildman–Crippen MR) is 121 cm³/mol. The molecule has 6 nitrogen and oxygen atoms in total. The first kappa shape index (κ1) is 22.6. The Labute approximate surface area is 185 Å². The molecule has 1 aromatic heterocycles. The van der Waals surface area contributed by atoms with Gasteiger partial charge in [-0.3, -0.25) is 4.79 Å². The van der Waals surface area contributed by atoms with Gasteiger partial charge in [-0.1, -0.05) is 54.6 Å². The molecule has 1 heterocycles. The zero-order chi connectivity index (χ0) is 21.1. The molecule has 1 N–H and O–H groups in total. The Morgan fingerprint density at radius 2 is 1.48 bits per heavy atom. The molecule has 0 unspecified atom stereocenters. The number of fused-ring (bicyclic) bond motifs is 1. The molecule has 0 aliphatic rings. The van der Waals surface area contributed by atoms with E-state index in [1.807, 2.05) is 36.4 Å². The van der Waals surface area contributed by atoms with Gasteiger partial charge in [0.05, 0.1) is 17.6 Å². The van der Waals surface area contributed by atoms with Gasteiger partial charge in [-0.25, -0.2) is 22.2 Å². The van der Waals surface area contributed by atoms with Gasteiger partial charge >= 0.3 is 0 Å². The lowest BCUT2D eigenvalue weighted by molar-refractivity contribution is 0.601. The van der Waals surface area contributed by atoms with E-state index < -0.39 is 10.9 Å². The highest BCUT2D eigenvalue weighted by Crippen LogP contribution is 2.25. The topological polar surface area (TPSA) is 81.1 Å². The van der Waals surface area contributed by atoms with Crippen LogP contribution in [0.5, 0.6) is 0 Å². The number of hydrogen-bond acceptors (Lipinski definition) is 4. The lowest BCUT2D eigenvalue weighted by atomic mass is 10.0. The minimum Gasteiger partial charge on any atom is -0.267 e. The molecule has 9 heteroatoms. The van der Waals surface area contributed by atoms with Gasteiger partial charge in [0.25, 0.3) is 5.56 Å². The normalized spacial score (nSPS) is 10.9. The van der Waals surface area contributed by atoms with Crippen LogP contribution in [-0.4, -0.2) is 18.2 Å². The molecule has 0 bridgehead atoms. The van der Waals surface area contributed by atoms with Gasteiger partial charge in [0, 0.05) is 17.5 Å².